The van der Waals surface area contributed by atoms with Crippen LogP contribution in [0.5, 0.6) is 5.75 Å². The van der Waals surface area contributed by atoms with Crippen molar-refractivity contribution in [3.8, 4) is 5.75 Å². The van der Waals surface area contributed by atoms with E-state index in [1.54, 1.807) is 37.3 Å². The molecule has 1 aliphatic rings. The van der Waals surface area contributed by atoms with Crippen LogP contribution in [-0.4, -0.2) is 34.5 Å². The fourth-order valence-corrected chi connectivity index (χ4v) is 4.56. The summed E-state index contributed by atoms with van der Waals surface area (Å²) in [6, 6.07) is 17.1. The molecule has 4 rings (SSSR count). The SMILES string of the molecule is CCOC(=O)c1cccc(N2C(=O)C(=O)/C(=C(/O)c3cc(C(C)(C)C)ccc3C)C2c2ccc(O)cc2)c1. The molecule has 38 heavy (non-hydrogen) atoms. The number of rotatable bonds is 5. The highest BCUT2D eigenvalue weighted by Crippen LogP contribution is 2.43. The zero-order chi connectivity index (χ0) is 27.8. The van der Waals surface area contributed by atoms with Gasteiger partial charge < -0.3 is 14.9 Å². The van der Waals surface area contributed by atoms with E-state index in [9.17, 15) is 24.6 Å². The number of aryl methyl sites for hydroxylation is 1. The third kappa shape index (κ3) is 4.92. The molecule has 0 radical (unpaired) electrons. The number of hydrogen-bond acceptors (Lipinski definition) is 6. The summed E-state index contributed by atoms with van der Waals surface area (Å²) in [4.78, 5) is 40.7. The predicted octanol–water partition coefficient (Wildman–Crippen LogP) is 5.80. The van der Waals surface area contributed by atoms with Crippen LogP contribution in [0.15, 0.2) is 72.3 Å². The molecule has 2 N–H and O–H groups in total. The lowest BCUT2D eigenvalue weighted by molar-refractivity contribution is -0.132. The van der Waals surface area contributed by atoms with Gasteiger partial charge in [-0.1, -0.05) is 51.1 Å². The van der Waals surface area contributed by atoms with Crippen LogP contribution in [-0.2, 0) is 19.7 Å². The monoisotopic (exact) mass is 513 g/mol. The number of ether oxygens (including phenoxy) is 1. The van der Waals surface area contributed by atoms with Crippen molar-refractivity contribution in [2.75, 3.05) is 11.5 Å². The lowest BCUT2D eigenvalue weighted by Gasteiger charge is -2.26. The second-order valence-corrected chi connectivity index (χ2v) is 10.3. The number of anilines is 1. The summed E-state index contributed by atoms with van der Waals surface area (Å²) in [6.45, 7) is 9.86. The summed E-state index contributed by atoms with van der Waals surface area (Å²) in [7, 11) is 0. The molecule has 3 aromatic carbocycles. The first-order valence-corrected chi connectivity index (χ1v) is 12.4. The van der Waals surface area contributed by atoms with Gasteiger partial charge in [-0.25, -0.2) is 4.79 Å². The Balaban J connectivity index is 1.95. The van der Waals surface area contributed by atoms with Crippen molar-refractivity contribution in [1.29, 1.82) is 0 Å². The molecular weight excluding hydrogens is 482 g/mol. The Morgan fingerprint density at radius 2 is 1.68 bits per heavy atom. The number of aliphatic hydroxyl groups excluding tert-OH is 1. The number of carbonyl (C=O) groups excluding carboxylic acids is 3. The van der Waals surface area contributed by atoms with E-state index in [-0.39, 0.29) is 34.7 Å². The normalized spacial score (nSPS) is 17.1. The van der Waals surface area contributed by atoms with Gasteiger partial charge in [-0.05, 0) is 72.4 Å². The summed E-state index contributed by atoms with van der Waals surface area (Å²) in [5, 5.41) is 21.5. The highest BCUT2D eigenvalue weighted by atomic mass is 16.5. The Morgan fingerprint density at radius 3 is 2.32 bits per heavy atom. The van der Waals surface area contributed by atoms with Crippen molar-refractivity contribution in [2.45, 2.75) is 46.1 Å². The molecule has 1 unspecified atom stereocenters. The van der Waals surface area contributed by atoms with E-state index in [1.165, 1.54) is 23.1 Å². The maximum atomic E-state index is 13.5. The number of phenols is 1. The first kappa shape index (κ1) is 26.7. The molecule has 196 valence electrons. The standard InChI is InChI=1S/C31H31NO6/c1-6-38-30(37)20-8-7-9-22(16-20)32-26(19-11-14-23(33)15-12-19)25(28(35)29(32)36)27(34)24-17-21(31(3,4)5)13-10-18(24)2/h7-17,26,33-34H,6H2,1-5H3/b27-25+. The van der Waals surface area contributed by atoms with E-state index in [2.05, 4.69) is 0 Å². The smallest absolute Gasteiger partial charge is 0.338 e. The number of esters is 1. The largest absolute Gasteiger partial charge is 0.508 e. The summed E-state index contributed by atoms with van der Waals surface area (Å²) < 4.78 is 5.10. The molecule has 1 aliphatic heterocycles. The maximum absolute atomic E-state index is 13.5. The number of amides is 1. The number of aromatic hydroxyl groups is 1. The number of aliphatic hydroxyl groups is 1. The van der Waals surface area contributed by atoms with Crippen LogP contribution < -0.4 is 4.90 Å². The van der Waals surface area contributed by atoms with Gasteiger partial charge in [0.15, 0.2) is 0 Å². The molecule has 7 heteroatoms. The van der Waals surface area contributed by atoms with Crippen LogP contribution >= 0.6 is 0 Å². The van der Waals surface area contributed by atoms with Crippen molar-refractivity contribution in [3.05, 3.63) is 100 Å². The average Bonchev–Trinajstić information content (AvgIpc) is 3.14. The second-order valence-electron chi connectivity index (χ2n) is 10.3. The molecule has 1 amide bonds. The maximum Gasteiger partial charge on any atom is 0.338 e. The summed E-state index contributed by atoms with van der Waals surface area (Å²) >= 11 is 0. The molecule has 0 aromatic heterocycles. The third-order valence-electron chi connectivity index (χ3n) is 6.65. The number of ketones is 1. The van der Waals surface area contributed by atoms with Crippen molar-refractivity contribution in [2.24, 2.45) is 0 Å². The van der Waals surface area contributed by atoms with E-state index in [4.69, 9.17) is 4.74 Å². The van der Waals surface area contributed by atoms with Gasteiger partial charge in [0.2, 0.25) is 0 Å². The number of carbonyl (C=O) groups is 3. The quantitative estimate of drug-likeness (QED) is 0.193. The van der Waals surface area contributed by atoms with Gasteiger partial charge in [-0.2, -0.15) is 0 Å². The van der Waals surface area contributed by atoms with Gasteiger partial charge in [0.1, 0.15) is 11.5 Å². The van der Waals surface area contributed by atoms with Crippen LogP contribution in [0.4, 0.5) is 5.69 Å². The molecular formula is C31H31NO6. The van der Waals surface area contributed by atoms with Crippen molar-refractivity contribution < 1.29 is 29.3 Å². The highest BCUT2D eigenvalue weighted by Gasteiger charge is 2.47. The van der Waals surface area contributed by atoms with E-state index in [0.717, 1.165) is 11.1 Å². The first-order valence-electron chi connectivity index (χ1n) is 12.4. The molecule has 0 saturated carbocycles. The molecule has 7 nitrogen and oxygen atoms in total. The third-order valence-corrected chi connectivity index (χ3v) is 6.65. The number of nitrogens with zero attached hydrogens (tertiary/aromatic N) is 1. The van der Waals surface area contributed by atoms with Gasteiger partial charge in [0.05, 0.1) is 23.8 Å². The van der Waals surface area contributed by atoms with Gasteiger partial charge in [0.25, 0.3) is 11.7 Å². The number of phenolic OH excluding ortho intramolecular Hbond substituents is 1. The van der Waals surface area contributed by atoms with Gasteiger partial charge >= 0.3 is 5.97 Å². The summed E-state index contributed by atoms with van der Waals surface area (Å²) in [5.41, 5.74) is 2.92. The van der Waals surface area contributed by atoms with E-state index in [1.807, 2.05) is 45.9 Å². The molecule has 1 atom stereocenters. The second kappa shape index (κ2) is 10.2. The fraction of sp³-hybridized carbons (Fsp3) is 0.258. The minimum absolute atomic E-state index is 0.0173. The van der Waals surface area contributed by atoms with E-state index in [0.29, 0.717) is 16.8 Å². The Morgan fingerprint density at radius 1 is 1.00 bits per heavy atom. The van der Waals surface area contributed by atoms with Crippen molar-refractivity contribution >= 4 is 29.1 Å². The van der Waals surface area contributed by atoms with Gasteiger partial charge in [-0.3, -0.25) is 14.5 Å². The molecule has 0 bridgehead atoms. The molecule has 3 aromatic rings. The minimum atomic E-state index is -0.995. The van der Waals surface area contributed by atoms with E-state index < -0.39 is 23.7 Å². The van der Waals surface area contributed by atoms with Crippen molar-refractivity contribution in [1.82, 2.24) is 0 Å². The Bertz CT molecular complexity index is 1450. The van der Waals surface area contributed by atoms with Crippen LogP contribution in [0.1, 0.15) is 66.3 Å². The fourth-order valence-electron chi connectivity index (χ4n) is 4.56. The average molecular weight is 514 g/mol. The zero-order valence-electron chi connectivity index (χ0n) is 22.1. The molecule has 1 fully saturated rings. The molecule has 0 spiro atoms. The van der Waals surface area contributed by atoms with Gasteiger partial charge in [0, 0.05) is 11.3 Å². The molecule has 1 heterocycles. The molecule has 0 aliphatic carbocycles. The predicted molar refractivity (Wildman–Crippen MR) is 145 cm³/mol. The number of benzene rings is 3. The van der Waals surface area contributed by atoms with Crippen molar-refractivity contribution in [3.63, 3.8) is 0 Å². The topological polar surface area (TPSA) is 104 Å². The van der Waals surface area contributed by atoms with Gasteiger partial charge in [-0.15, -0.1) is 0 Å². The first-order chi connectivity index (χ1) is 17.9. The van der Waals surface area contributed by atoms with E-state index >= 15 is 0 Å². The van der Waals surface area contributed by atoms with Crippen LogP contribution in [0.2, 0.25) is 0 Å². The van der Waals surface area contributed by atoms with Crippen LogP contribution in [0, 0.1) is 6.92 Å². The number of hydrogen-bond donors (Lipinski definition) is 2. The summed E-state index contributed by atoms with van der Waals surface area (Å²) in [6.07, 6.45) is 0. The number of Topliss-reactive ketones (excluding diaryl/α,β-unsaturated/α-hetero) is 1. The van der Waals surface area contributed by atoms with Crippen LogP contribution in [0.25, 0.3) is 5.76 Å². The zero-order valence-corrected chi connectivity index (χ0v) is 22.1. The lowest BCUT2D eigenvalue weighted by atomic mass is 9.84. The summed E-state index contributed by atoms with van der Waals surface area (Å²) in [5.74, 6) is -2.50. The van der Waals surface area contributed by atoms with Crippen LogP contribution in [0.3, 0.4) is 0 Å². The Labute approximate surface area is 222 Å². The lowest BCUT2D eigenvalue weighted by Crippen LogP contribution is -2.29. The Kier molecular flexibility index (Phi) is 7.14. The molecule has 1 saturated heterocycles. The Hall–Kier alpha value is -4.39. The highest BCUT2D eigenvalue weighted by molar-refractivity contribution is 6.51. The minimum Gasteiger partial charge on any atom is -0.508 e.